The number of thiazole rings is 1. The van der Waals surface area contributed by atoms with Gasteiger partial charge in [-0.15, -0.1) is 11.3 Å². The Kier molecular flexibility index (Phi) is 5.01. The van der Waals surface area contributed by atoms with E-state index in [2.05, 4.69) is 48.0 Å². The second kappa shape index (κ2) is 7.03. The van der Waals surface area contributed by atoms with E-state index in [0.29, 0.717) is 18.5 Å². The number of aliphatic carboxylic acids is 1. The van der Waals surface area contributed by atoms with Gasteiger partial charge in [0, 0.05) is 29.2 Å². The van der Waals surface area contributed by atoms with Crippen molar-refractivity contribution in [3.8, 4) is 10.6 Å². The molecule has 0 radical (unpaired) electrons. The minimum absolute atomic E-state index is 0.409. The number of rotatable bonds is 7. The van der Waals surface area contributed by atoms with Crippen LogP contribution in [0.2, 0.25) is 0 Å². The summed E-state index contributed by atoms with van der Waals surface area (Å²) in [5, 5.41) is 10.3. The third-order valence-electron chi connectivity index (χ3n) is 4.59. The molecule has 0 aliphatic heterocycles. The number of nitrogens with zero attached hydrogens (tertiary/aromatic N) is 2. The van der Waals surface area contributed by atoms with Crippen LogP contribution in [-0.2, 0) is 11.3 Å². The fourth-order valence-corrected chi connectivity index (χ4v) is 3.76. The van der Waals surface area contributed by atoms with Crippen LogP contribution < -0.4 is 0 Å². The molecule has 0 saturated heterocycles. The molecule has 4 nitrogen and oxygen atoms in total. The highest BCUT2D eigenvalue weighted by Gasteiger charge is 2.35. The van der Waals surface area contributed by atoms with E-state index >= 15 is 0 Å². The highest BCUT2D eigenvalue weighted by molar-refractivity contribution is 7.15. The van der Waals surface area contributed by atoms with E-state index in [9.17, 15) is 9.90 Å². The fraction of sp³-hybridized carbons (Fsp3) is 0.474. The number of aromatic nitrogens is 1. The van der Waals surface area contributed by atoms with E-state index < -0.39 is 12.0 Å². The van der Waals surface area contributed by atoms with Gasteiger partial charge in [0.1, 0.15) is 11.0 Å². The average Bonchev–Trinajstić information content (AvgIpc) is 3.30. The van der Waals surface area contributed by atoms with E-state index in [-0.39, 0.29) is 0 Å². The van der Waals surface area contributed by atoms with Gasteiger partial charge in [0.2, 0.25) is 0 Å². The van der Waals surface area contributed by atoms with Crippen molar-refractivity contribution in [3.05, 3.63) is 40.9 Å². The van der Waals surface area contributed by atoms with Crippen LogP contribution >= 0.6 is 11.3 Å². The normalized spacial score (nSPS) is 15.9. The maximum atomic E-state index is 11.3. The molecule has 1 fully saturated rings. The molecule has 24 heavy (non-hydrogen) atoms. The van der Waals surface area contributed by atoms with E-state index in [1.54, 1.807) is 18.3 Å². The zero-order chi connectivity index (χ0) is 17.3. The highest BCUT2D eigenvalue weighted by Crippen LogP contribution is 2.33. The van der Waals surface area contributed by atoms with E-state index in [1.807, 2.05) is 6.20 Å². The molecule has 1 aromatic heterocycles. The maximum absolute atomic E-state index is 11.3. The number of hydrogen-bond acceptors (Lipinski definition) is 4. The number of carboxylic acid groups (broad SMARTS) is 1. The van der Waals surface area contributed by atoms with Crippen molar-refractivity contribution >= 4 is 17.3 Å². The van der Waals surface area contributed by atoms with Crippen molar-refractivity contribution < 1.29 is 9.90 Å². The second-order valence-corrected chi connectivity index (χ2v) is 7.94. The molecular formula is C19H24N2O2S. The van der Waals surface area contributed by atoms with Gasteiger partial charge in [0.05, 0.1) is 0 Å². The van der Waals surface area contributed by atoms with Crippen molar-refractivity contribution in [2.24, 2.45) is 0 Å². The maximum Gasteiger partial charge on any atom is 0.320 e. The SMILES string of the molecule is CC(C)c1ccc(-c2ncc(CN(C3CC3)C(C)C(=O)O)s2)cc1. The smallest absolute Gasteiger partial charge is 0.320 e. The summed E-state index contributed by atoms with van der Waals surface area (Å²) in [6.07, 6.45) is 4.08. The summed E-state index contributed by atoms with van der Waals surface area (Å²) in [4.78, 5) is 19.1. The molecule has 3 rings (SSSR count). The Balaban J connectivity index is 1.73. The van der Waals surface area contributed by atoms with Gasteiger partial charge in [-0.05, 0) is 31.2 Å². The first-order valence-corrected chi connectivity index (χ1v) is 9.31. The molecule has 1 aliphatic rings. The zero-order valence-corrected chi connectivity index (χ0v) is 15.2. The van der Waals surface area contributed by atoms with Crippen LogP contribution in [0, 0.1) is 0 Å². The Morgan fingerprint density at radius 2 is 1.96 bits per heavy atom. The van der Waals surface area contributed by atoms with Crippen LogP contribution in [0.3, 0.4) is 0 Å². The average molecular weight is 344 g/mol. The Bertz CT molecular complexity index is 704. The predicted octanol–water partition coefficient (Wildman–Crippen LogP) is 4.37. The molecule has 0 spiro atoms. The molecule has 0 bridgehead atoms. The standard InChI is InChI=1S/C19H24N2O2S/c1-12(2)14-4-6-15(7-5-14)18-20-10-17(24-18)11-21(16-8-9-16)13(3)19(22)23/h4-7,10,12-13,16H,8-9,11H2,1-3H3,(H,22,23). The van der Waals surface area contributed by atoms with Crippen LogP contribution in [0.15, 0.2) is 30.5 Å². The van der Waals surface area contributed by atoms with Crippen molar-refractivity contribution in [3.63, 3.8) is 0 Å². The Morgan fingerprint density at radius 1 is 1.29 bits per heavy atom. The first kappa shape index (κ1) is 17.1. The summed E-state index contributed by atoms with van der Waals surface area (Å²) in [5.41, 5.74) is 2.45. The predicted molar refractivity (Wildman–Crippen MR) is 97.3 cm³/mol. The molecule has 128 valence electrons. The molecule has 1 N–H and O–H groups in total. The molecule has 1 aliphatic carbocycles. The van der Waals surface area contributed by atoms with Crippen LogP contribution in [-0.4, -0.2) is 33.0 Å². The number of carboxylic acids is 1. The molecule has 5 heteroatoms. The first-order valence-electron chi connectivity index (χ1n) is 8.49. The van der Waals surface area contributed by atoms with Gasteiger partial charge in [0.15, 0.2) is 0 Å². The van der Waals surface area contributed by atoms with E-state index in [0.717, 1.165) is 28.3 Å². The summed E-state index contributed by atoms with van der Waals surface area (Å²) >= 11 is 1.66. The zero-order valence-electron chi connectivity index (χ0n) is 14.4. The summed E-state index contributed by atoms with van der Waals surface area (Å²) in [6, 6.07) is 8.52. The van der Waals surface area contributed by atoms with Gasteiger partial charge >= 0.3 is 5.97 Å². The molecular weight excluding hydrogens is 320 g/mol. The van der Waals surface area contributed by atoms with Crippen molar-refractivity contribution in [1.82, 2.24) is 9.88 Å². The van der Waals surface area contributed by atoms with Crippen molar-refractivity contribution in [2.75, 3.05) is 0 Å². The minimum atomic E-state index is -0.754. The van der Waals surface area contributed by atoms with Gasteiger partial charge in [0.25, 0.3) is 0 Å². The number of carbonyl (C=O) groups is 1. The Labute approximate surface area is 147 Å². The lowest BCUT2D eigenvalue weighted by Crippen LogP contribution is -2.39. The summed E-state index contributed by atoms with van der Waals surface area (Å²) in [6.45, 7) is 6.81. The van der Waals surface area contributed by atoms with Gasteiger partial charge in [-0.3, -0.25) is 9.69 Å². The fourth-order valence-electron chi connectivity index (χ4n) is 2.83. The van der Waals surface area contributed by atoms with Crippen LogP contribution in [0.5, 0.6) is 0 Å². The van der Waals surface area contributed by atoms with E-state index in [4.69, 9.17) is 0 Å². The molecule has 1 saturated carbocycles. The molecule has 1 aromatic carbocycles. The molecule has 0 amide bonds. The monoisotopic (exact) mass is 344 g/mol. The van der Waals surface area contributed by atoms with Crippen molar-refractivity contribution in [1.29, 1.82) is 0 Å². The lowest BCUT2D eigenvalue weighted by molar-refractivity contribution is -0.143. The van der Waals surface area contributed by atoms with Gasteiger partial charge in [-0.2, -0.15) is 0 Å². The topological polar surface area (TPSA) is 53.4 Å². The first-order chi connectivity index (χ1) is 11.5. The third-order valence-corrected chi connectivity index (χ3v) is 5.62. The summed E-state index contributed by atoms with van der Waals surface area (Å²) < 4.78 is 0. The van der Waals surface area contributed by atoms with Gasteiger partial charge in [-0.25, -0.2) is 4.98 Å². The van der Waals surface area contributed by atoms with Crippen molar-refractivity contribution in [2.45, 2.75) is 58.2 Å². The Hall–Kier alpha value is -1.72. The van der Waals surface area contributed by atoms with E-state index in [1.165, 1.54) is 5.56 Å². The lowest BCUT2D eigenvalue weighted by atomic mass is 10.0. The summed E-state index contributed by atoms with van der Waals surface area (Å²) in [5.74, 6) is -0.230. The second-order valence-electron chi connectivity index (χ2n) is 6.83. The number of benzene rings is 1. The van der Waals surface area contributed by atoms with Gasteiger partial charge < -0.3 is 5.11 Å². The molecule has 1 atom stereocenters. The molecule has 1 unspecified atom stereocenters. The quantitative estimate of drug-likeness (QED) is 0.810. The van der Waals surface area contributed by atoms with Crippen LogP contribution in [0.1, 0.15) is 50.0 Å². The van der Waals surface area contributed by atoms with Crippen LogP contribution in [0.4, 0.5) is 0 Å². The minimum Gasteiger partial charge on any atom is -0.480 e. The lowest BCUT2D eigenvalue weighted by Gasteiger charge is -2.25. The largest absolute Gasteiger partial charge is 0.480 e. The highest BCUT2D eigenvalue weighted by atomic mass is 32.1. The Morgan fingerprint density at radius 3 is 2.50 bits per heavy atom. The molecule has 1 heterocycles. The summed E-state index contributed by atoms with van der Waals surface area (Å²) in [7, 11) is 0. The molecule has 2 aromatic rings. The number of hydrogen-bond donors (Lipinski definition) is 1. The van der Waals surface area contributed by atoms with Gasteiger partial charge in [-0.1, -0.05) is 38.1 Å². The third kappa shape index (κ3) is 3.84. The van der Waals surface area contributed by atoms with Crippen LogP contribution in [0.25, 0.3) is 10.6 Å².